The highest BCUT2D eigenvalue weighted by molar-refractivity contribution is 6.22. The molecule has 0 radical (unpaired) electrons. The third-order valence-corrected chi connectivity index (χ3v) is 2.80. The van der Waals surface area contributed by atoms with E-state index in [0.717, 1.165) is 5.56 Å². The summed E-state index contributed by atoms with van der Waals surface area (Å²) in [5.74, 6) is 0.0814. The van der Waals surface area contributed by atoms with Gasteiger partial charge in [0.25, 0.3) is 0 Å². The molecule has 2 rings (SSSR count). The van der Waals surface area contributed by atoms with E-state index in [1.54, 1.807) is 18.2 Å². The van der Waals surface area contributed by atoms with E-state index < -0.39 is 5.38 Å². The average Bonchev–Trinajstić information content (AvgIpc) is 2.81. The molecule has 1 aromatic heterocycles. The van der Waals surface area contributed by atoms with Crippen molar-refractivity contribution in [1.29, 1.82) is 0 Å². The van der Waals surface area contributed by atoms with Gasteiger partial charge < -0.3 is 9.15 Å². The van der Waals surface area contributed by atoms with Gasteiger partial charge in [0.15, 0.2) is 0 Å². The lowest BCUT2D eigenvalue weighted by molar-refractivity contribution is 0.410. The zero-order valence-corrected chi connectivity index (χ0v) is 9.37. The highest BCUT2D eigenvalue weighted by atomic mass is 35.5. The van der Waals surface area contributed by atoms with E-state index >= 15 is 0 Å². The molecule has 0 N–H and O–H groups in total. The first-order chi connectivity index (χ1) is 7.72. The van der Waals surface area contributed by atoms with Crippen LogP contribution in [0.25, 0.3) is 0 Å². The van der Waals surface area contributed by atoms with Gasteiger partial charge in [0, 0.05) is 17.2 Å². The molecular formula is C12H10ClFO2. The van der Waals surface area contributed by atoms with Crippen LogP contribution in [-0.4, -0.2) is 7.11 Å². The molecule has 0 saturated carbocycles. The minimum atomic E-state index is -0.551. The predicted molar refractivity (Wildman–Crippen MR) is 59.4 cm³/mol. The highest BCUT2D eigenvalue weighted by Gasteiger charge is 2.16. The van der Waals surface area contributed by atoms with Gasteiger partial charge in [-0.3, -0.25) is 0 Å². The maximum Gasteiger partial charge on any atom is 0.131 e. The molecule has 1 heterocycles. The summed E-state index contributed by atoms with van der Waals surface area (Å²) in [6, 6.07) is 6.30. The van der Waals surface area contributed by atoms with Crippen LogP contribution in [0.4, 0.5) is 4.39 Å². The molecule has 1 aromatic carbocycles. The lowest BCUT2D eigenvalue weighted by Gasteiger charge is -2.09. The van der Waals surface area contributed by atoms with E-state index in [9.17, 15) is 4.39 Å². The molecule has 4 heteroatoms. The number of hydrogen-bond donors (Lipinski definition) is 0. The Bertz CT molecular complexity index is 468. The zero-order valence-electron chi connectivity index (χ0n) is 8.61. The van der Waals surface area contributed by atoms with Crippen LogP contribution in [0.3, 0.4) is 0 Å². The van der Waals surface area contributed by atoms with Gasteiger partial charge >= 0.3 is 0 Å². The van der Waals surface area contributed by atoms with Crippen molar-refractivity contribution in [2.24, 2.45) is 0 Å². The smallest absolute Gasteiger partial charge is 0.131 e. The number of methoxy groups -OCH3 is 1. The van der Waals surface area contributed by atoms with Crippen molar-refractivity contribution in [3.8, 4) is 5.75 Å². The van der Waals surface area contributed by atoms with Crippen LogP contribution in [0.1, 0.15) is 16.5 Å². The summed E-state index contributed by atoms with van der Waals surface area (Å²) in [6.07, 6.45) is 3.01. The molecule has 0 amide bonds. The van der Waals surface area contributed by atoms with Crippen molar-refractivity contribution >= 4 is 11.6 Å². The molecular weight excluding hydrogens is 231 g/mol. The van der Waals surface area contributed by atoms with Crippen LogP contribution in [0, 0.1) is 5.82 Å². The zero-order chi connectivity index (χ0) is 11.5. The van der Waals surface area contributed by atoms with Crippen LogP contribution in [0.2, 0.25) is 0 Å². The Balaban J connectivity index is 2.34. The number of halogens is 2. The second-order valence-corrected chi connectivity index (χ2v) is 3.74. The Labute approximate surface area is 97.6 Å². The van der Waals surface area contributed by atoms with Crippen molar-refractivity contribution in [3.63, 3.8) is 0 Å². The summed E-state index contributed by atoms with van der Waals surface area (Å²) in [6.45, 7) is 0. The Morgan fingerprint density at radius 1 is 1.38 bits per heavy atom. The second kappa shape index (κ2) is 4.58. The molecule has 2 aromatic rings. The summed E-state index contributed by atoms with van der Waals surface area (Å²) >= 11 is 6.13. The molecule has 0 aliphatic heterocycles. The van der Waals surface area contributed by atoms with E-state index in [2.05, 4.69) is 0 Å². The molecule has 1 unspecified atom stereocenters. The third-order valence-electron chi connectivity index (χ3n) is 2.32. The first kappa shape index (κ1) is 11.0. The number of alkyl halides is 1. The van der Waals surface area contributed by atoms with Crippen LogP contribution >= 0.6 is 11.6 Å². The third kappa shape index (κ3) is 2.04. The van der Waals surface area contributed by atoms with Gasteiger partial charge in [-0.15, -0.1) is 11.6 Å². The van der Waals surface area contributed by atoms with Crippen molar-refractivity contribution in [3.05, 3.63) is 53.7 Å². The van der Waals surface area contributed by atoms with Crippen LogP contribution in [0.5, 0.6) is 5.75 Å². The fourth-order valence-corrected chi connectivity index (χ4v) is 1.74. The van der Waals surface area contributed by atoms with Crippen molar-refractivity contribution in [2.45, 2.75) is 5.38 Å². The van der Waals surface area contributed by atoms with E-state index in [4.69, 9.17) is 20.8 Å². The maximum absolute atomic E-state index is 13.7. The highest BCUT2D eigenvalue weighted by Crippen LogP contribution is 2.32. The molecule has 0 bridgehead atoms. The van der Waals surface area contributed by atoms with Gasteiger partial charge in [-0.1, -0.05) is 6.07 Å². The monoisotopic (exact) mass is 240 g/mol. The summed E-state index contributed by atoms with van der Waals surface area (Å²) in [7, 11) is 1.49. The Hall–Kier alpha value is -1.48. The Morgan fingerprint density at radius 3 is 2.75 bits per heavy atom. The fourth-order valence-electron chi connectivity index (χ4n) is 1.44. The first-order valence-electron chi connectivity index (χ1n) is 4.72. The quantitative estimate of drug-likeness (QED) is 0.763. The molecule has 2 nitrogen and oxygen atoms in total. The Morgan fingerprint density at radius 2 is 2.19 bits per heavy atom. The number of benzene rings is 1. The SMILES string of the molecule is COc1ccc(C(Cl)c2ccoc2)c(F)c1. The van der Waals surface area contributed by atoms with Gasteiger partial charge in [0.2, 0.25) is 0 Å². The van der Waals surface area contributed by atoms with Gasteiger partial charge in [0.1, 0.15) is 11.6 Å². The largest absolute Gasteiger partial charge is 0.497 e. The second-order valence-electron chi connectivity index (χ2n) is 3.31. The molecule has 84 valence electrons. The number of furan rings is 1. The molecule has 0 aliphatic rings. The van der Waals surface area contributed by atoms with Crippen molar-refractivity contribution in [1.82, 2.24) is 0 Å². The summed E-state index contributed by atoms with van der Waals surface area (Å²) in [4.78, 5) is 0. The van der Waals surface area contributed by atoms with E-state index in [1.807, 2.05) is 0 Å². The molecule has 16 heavy (non-hydrogen) atoms. The van der Waals surface area contributed by atoms with Crippen molar-refractivity contribution in [2.75, 3.05) is 7.11 Å². The van der Waals surface area contributed by atoms with E-state index in [0.29, 0.717) is 11.3 Å². The lowest BCUT2D eigenvalue weighted by Crippen LogP contribution is -1.96. The lowest BCUT2D eigenvalue weighted by atomic mass is 10.1. The van der Waals surface area contributed by atoms with E-state index in [1.165, 1.54) is 25.7 Å². The standard InChI is InChI=1S/C12H10ClFO2/c1-15-9-2-3-10(11(14)6-9)12(13)8-4-5-16-7-8/h2-7,12H,1H3. The normalized spacial score (nSPS) is 12.4. The number of hydrogen-bond acceptors (Lipinski definition) is 2. The minimum absolute atomic E-state index is 0.388. The maximum atomic E-state index is 13.7. The molecule has 0 spiro atoms. The summed E-state index contributed by atoms with van der Waals surface area (Å²) in [5, 5.41) is -0.551. The Kier molecular flexibility index (Phi) is 3.15. The van der Waals surface area contributed by atoms with Gasteiger partial charge in [0.05, 0.1) is 25.0 Å². The van der Waals surface area contributed by atoms with Crippen LogP contribution in [0.15, 0.2) is 41.2 Å². The molecule has 1 atom stereocenters. The first-order valence-corrected chi connectivity index (χ1v) is 5.15. The average molecular weight is 241 g/mol. The topological polar surface area (TPSA) is 22.4 Å². The molecule has 0 fully saturated rings. The van der Waals surface area contributed by atoms with Crippen LogP contribution < -0.4 is 4.74 Å². The van der Waals surface area contributed by atoms with Crippen molar-refractivity contribution < 1.29 is 13.5 Å². The van der Waals surface area contributed by atoms with Crippen LogP contribution in [-0.2, 0) is 0 Å². The number of rotatable bonds is 3. The summed E-state index contributed by atoms with van der Waals surface area (Å²) < 4.78 is 23.5. The minimum Gasteiger partial charge on any atom is -0.497 e. The fraction of sp³-hybridized carbons (Fsp3) is 0.167. The van der Waals surface area contributed by atoms with E-state index in [-0.39, 0.29) is 5.82 Å². The molecule has 0 aliphatic carbocycles. The number of ether oxygens (including phenoxy) is 1. The summed E-state index contributed by atoms with van der Waals surface area (Å²) in [5.41, 5.74) is 1.13. The van der Waals surface area contributed by atoms with Gasteiger partial charge in [-0.25, -0.2) is 4.39 Å². The predicted octanol–water partition coefficient (Wildman–Crippen LogP) is 3.76. The van der Waals surface area contributed by atoms with Gasteiger partial charge in [-0.2, -0.15) is 0 Å². The molecule has 0 saturated heterocycles. The van der Waals surface area contributed by atoms with Gasteiger partial charge in [-0.05, 0) is 12.1 Å².